The van der Waals surface area contributed by atoms with Gasteiger partial charge in [0, 0.05) is 16.0 Å². The van der Waals surface area contributed by atoms with Crippen LogP contribution in [-0.2, 0) is 0 Å². The van der Waals surface area contributed by atoms with Crippen LogP contribution in [0, 0.1) is 6.92 Å². The van der Waals surface area contributed by atoms with Gasteiger partial charge in [-0.05, 0) is 31.2 Å². The molecule has 4 heteroatoms. The Balaban J connectivity index is 1.89. The molecule has 0 fully saturated rings. The van der Waals surface area contributed by atoms with Gasteiger partial charge in [-0.2, -0.15) is 0 Å². The maximum Gasteiger partial charge on any atom is 0.265 e. The van der Waals surface area contributed by atoms with Crippen LogP contribution < -0.4 is 5.32 Å². The Morgan fingerprint density at radius 1 is 0.870 bits per heavy atom. The number of rotatable bonds is 4. The topological polar surface area (TPSA) is 46.2 Å². The molecule has 1 heterocycles. The lowest BCUT2D eigenvalue weighted by Gasteiger charge is -2.09. The third kappa shape index (κ3) is 3.38. The zero-order chi connectivity index (χ0) is 16.2. The summed E-state index contributed by atoms with van der Waals surface area (Å²) in [5, 5.41) is 2.84. The molecule has 0 radical (unpaired) electrons. The van der Waals surface area contributed by atoms with E-state index in [2.05, 4.69) is 5.32 Å². The average molecular weight is 321 g/mol. The Kier molecular flexibility index (Phi) is 4.35. The maximum atomic E-state index is 12.6. The van der Waals surface area contributed by atoms with Crippen LogP contribution in [0.5, 0.6) is 0 Å². The summed E-state index contributed by atoms with van der Waals surface area (Å²) >= 11 is 1.43. The molecular weight excluding hydrogens is 306 g/mol. The van der Waals surface area contributed by atoms with Crippen molar-refractivity contribution in [3.8, 4) is 0 Å². The van der Waals surface area contributed by atoms with Gasteiger partial charge in [0.05, 0.1) is 10.6 Å². The van der Waals surface area contributed by atoms with Crippen molar-refractivity contribution in [2.45, 2.75) is 6.92 Å². The number of hydrogen-bond donors (Lipinski definition) is 1. The fourth-order valence-electron chi connectivity index (χ4n) is 2.28. The number of aryl methyl sites for hydroxylation is 1. The fourth-order valence-corrected chi connectivity index (χ4v) is 3.04. The number of carbonyl (C=O) groups excluding carboxylic acids is 2. The van der Waals surface area contributed by atoms with Crippen LogP contribution in [-0.4, -0.2) is 11.7 Å². The lowest BCUT2D eigenvalue weighted by molar-refractivity contribution is 0.103. The molecular formula is C19H15NO2S. The van der Waals surface area contributed by atoms with Gasteiger partial charge in [-0.25, -0.2) is 0 Å². The summed E-state index contributed by atoms with van der Waals surface area (Å²) < 4.78 is 0. The number of para-hydroxylation sites is 1. The zero-order valence-corrected chi connectivity index (χ0v) is 13.4. The summed E-state index contributed by atoms with van der Waals surface area (Å²) in [7, 11) is 0. The highest BCUT2D eigenvalue weighted by atomic mass is 32.1. The van der Waals surface area contributed by atoms with E-state index in [1.54, 1.807) is 42.5 Å². The molecule has 0 unspecified atom stereocenters. The van der Waals surface area contributed by atoms with Gasteiger partial charge in [0.2, 0.25) is 0 Å². The first-order valence-corrected chi connectivity index (χ1v) is 8.03. The summed E-state index contributed by atoms with van der Waals surface area (Å²) in [6.45, 7) is 1.95. The first-order valence-electron chi connectivity index (χ1n) is 7.22. The molecule has 1 amide bonds. The van der Waals surface area contributed by atoms with E-state index < -0.39 is 0 Å². The zero-order valence-electron chi connectivity index (χ0n) is 12.6. The molecule has 0 saturated heterocycles. The Labute approximate surface area is 138 Å². The van der Waals surface area contributed by atoms with E-state index >= 15 is 0 Å². The lowest BCUT2D eigenvalue weighted by atomic mass is 10.0. The minimum Gasteiger partial charge on any atom is -0.321 e. The second kappa shape index (κ2) is 6.58. The van der Waals surface area contributed by atoms with Gasteiger partial charge < -0.3 is 5.32 Å². The normalized spacial score (nSPS) is 10.3. The third-order valence-electron chi connectivity index (χ3n) is 3.42. The molecule has 0 aliphatic rings. The molecule has 114 valence electrons. The number of ketones is 1. The molecule has 0 bridgehead atoms. The first-order chi connectivity index (χ1) is 11.1. The molecule has 1 N–H and O–H groups in total. The largest absolute Gasteiger partial charge is 0.321 e. The van der Waals surface area contributed by atoms with E-state index in [4.69, 9.17) is 0 Å². The maximum absolute atomic E-state index is 12.6. The van der Waals surface area contributed by atoms with Crippen molar-refractivity contribution in [3.05, 3.63) is 87.6 Å². The average Bonchev–Trinajstić information content (AvgIpc) is 3.02. The molecule has 1 aromatic heterocycles. The molecule has 0 aliphatic heterocycles. The van der Waals surface area contributed by atoms with Crippen LogP contribution in [0.25, 0.3) is 0 Å². The van der Waals surface area contributed by atoms with Gasteiger partial charge >= 0.3 is 0 Å². The molecule has 0 saturated carbocycles. The minimum atomic E-state index is -0.198. The van der Waals surface area contributed by atoms with Crippen LogP contribution in [0.2, 0.25) is 0 Å². The van der Waals surface area contributed by atoms with Crippen LogP contribution >= 0.6 is 11.3 Å². The summed E-state index contributed by atoms with van der Waals surface area (Å²) in [4.78, 5) is 26.7. The van der Waals surface area contributed by atoms with E-state index in [0.29, 0.717) is 21.7 Å². The number of amides is 1. The summed E-state index contributed by atoms with van der Waals surface area (Å²) in [6.07, 6.45) is 0. The molecule has 0 aliphatic carbocycles. The summed E-state index contributed by atoms with van der Waals surface area (Å²) in [5.74, 6) is -0.305. The Bertz CT molecular complexity index is 853. The van der Waals surface area contributed by atoms with Gasteiger partial charge in [0.25, 0.3) is 5.91 Å². The Hall–Kier alpha value is -2.72. The molecule has 0 atom stereocenters. The lowest BCUT2D eigenvalue weighted by Crippen LogP contribution is -2.14. The number of thiophene rings is 1. The molecule has 3 aromatic rings. The van der Waals surface area contributed by atoms with E-state index in [-0.39, 0.29) is 11.7 Å². The second-order valence-electron chi connectivity index (χ2n) is 5.11. The van der Waals surface area contributed by atoms with Gasteiger partial charge in [-0.3, -0.25) is 9.59 Å². The predicted molar refractivity (Wildman–Crippen MR) is 93.3 cm³/mol. The van der Waals surface area contributed by atoms with Crippen molar-refractivity contribution in [1.82, 2.24) is 0 Å². The van der Waals surface area contributed by atoms with Gasteiger partial charge in [-0.1, -0.05) is 42.5 Å². The molecule has 2 aromatic carbocycles. The molecule has 3 nitrogen and oxygen atoms in total. The van der Waals surface area contributed by atoms with Crippen molar-refractivity contribution in [1.29, 1.82) is 0 Å². The second-order valence-corrected chi connectivity index (χ2v) is 6.39. The van der Waals surface area contributed by atoms with Crippen molar-refractivity contribution in [2.24, 2.45) is 0 Å². The molecule has 3 rings (SSSR count). The van der Waals surface area contributed by atoms with Gasteiger partial charge in [0.15, 0.2) is 5.78 Å². The minimum absolute atomic E-state index is 0.108. The van der Waals surface area contributed by atoms with Crippen LogP contribution in [0.1, 0.15) is 30.5 Å². The highest BCUT2D eigenvalue weighted by molar-refractivity contribution is 7.14. The van der Waals surface area contributed by atoms with E-state index in [1.165, 1.54) is 11.3 Å². The number of hydrogen-bond acceptors (Lipinski definition) is 3. The van der Waals surface area contributed by atoms with Crippen LogP contribution in [0.4, 0.5) is 5.69 Å². The van der Waals surface area contributed by atoms with Crippen molar-refractivity contribution in [3.63, 3.8) is 0 Å². The third-order valence-corrected chi connectivity index (χ3v) is 4.42. The Morgan fingerprint density at radius 3 is 2.26 bits per heavy atom. The highest BCUT2D eigenvalue weighted by Crippen LogP contribution is 2.22. The van der Waals surface area contributed by atoms with Gasteiger partial charge in [-0.15, -0.1) is 11.3 Å². The number of anilines is 1. The molecule has 0 spiro atoms. The fraction of sp³-hybridized carbons (Fsp3) is 0.0526. The quantitative estimate of drug-likeness (QED) is 0.717. The van der Waals surface area contributed by atoms with Crippen molar-refractivity contribution < 1.29 is 9.59 Å². The van der Waals surface area contributed by atoms with Crippen LogP contribution in [0.15, 0.2) is 66.7 Å². The SMILES string of the molecule is Cc1ccc(C(=O)Nc2ccccc2C(=O)c2ccccc2)s1. The summed E-state index contributed by atoms with van der Waals surface area (Å²) in [6, 6.07) is 19.8. The van der Waals surface area contributed by atoms with E-state index in [1.807, 2.05) is 31.2 Å². The number of benzene rings is 2. The number of nitrogens with one attached hydrogen (secondary N) is 1. The van der Waals surface area contributed by atoms with Crippen molar-refractivity contribution in [2.75, 3.05) is 5.32 Å². The summed E-state index contributed by atoms with van der Waals surface area (Å²) in [5.41, 5.74) is 1.61. The van der Waals surface area contributed by atoms with E-state index in [0.717, 1.165) is 4.88 Å². The predicted octanol–water partition coefficient (Wildman–Crippen LogP) is 4.54. The monoisotopic (exact) mass is 321 g/mol. The first kappa shape index (κ1) is 15.2. The smallest absolute Gasteiger partial charge is 0.265 e. The Morgan fingerprint density at radius 2 is 1.57 bits per heavy atom. The highest BCUT2D eigenvalue weighted by Gasteiger charge is 2.16. The standard InChI is InChI=1S/C19H15NO2S/c1-13-11-12-17(23-13)19(22)20-16-10-6-5-9-15(16)18(21)14-7-3-2-4-8-14/h2-12H,1H3,(H,20,22). The van der Waals surface area contributed by atoms with Crippen molar-refractivity contribution >= 4 is 28.7 Å². The van der Waals surface area contributed by atoms with Crippen LogP contribution in [0.3, 0.4) is 0 Å². The van der Waals surface area contributed by atoms with Gasteiger partial charge in [0.1, 0.15) is 0 Å². The number of carbonyl (C=O) groups is 2. The molecule has 23 heavy (non-hydrogen) atoms. The van der Waals surface area contributed by atoms with E-state index in [9.17, 15) is 9.59 Å².